The van der Waals surface area contributed by atoms with Gasteiger partial charge in [0, 0.05) is 22.8 Å². The van der Waals surface area contributed by atoms with Gasteiger partial charge >= 0.3 is 0 Å². The number of benzene rings is 1. The van der Waals surface area contributed by atoms with Crippen molar-refractivity contribution in [1.82, 2.24) is 10.3 Å². The van der Waals surface area contributed by atoms with Gasteiger partial charge < -0.3 is 22.1 Å². The second-order valence-electron chi connectivity index (χ2n) is 4.70. The molecule has 0 spiro atoms. The van der Waals surface area contributed by atoms with Crippen LogP contribution in [0.15, 0.2) is 69.7 Å². The Bertz CT molecular complexity index is 698. The molecule has 0 bridgehead atoms. The van der Waals surface area contributed by atoms with Crippen LogP contribution in [0.5, 0.6) is 0 Å². The zero-order valence-corrected chi connectivity index (χ0v) is 14.1. The van der Waals surface area contributed by atoms with Crippen LogP contribution in [-0.4, -0.2) is 4.98 Å². The van der Waals surface area contributed by atoms with Gasteiger partial charge in [0.25, 0.3) is 0 Å². The topological polar surface area (TPSA) is 38.1 Å². The summed E-state index contributed by atoms with van der Waals surface area (Å²) in [7, 11) is 0. The molecule has 114 valence electrons. The fourth-order valence-electron chi connectivity index (χ4n) is 2.06. The van der Waals surface area contributed by atoms with Gasteiger partial charge in [-0.15, -0.1) is 0 Å². The van der Waals surface area contributed by atoms with E-state index in [0.29, 0.717) is 6.54 Å². The van der Waals surface area contributed by atoms with Crippen molar-refractivity contribution in [2.75, 3.05) is 0 Å². The summed E-state index contributed by atoms with van der Waals surface area (Å²) in [4.78, 5) is 4.27. The summed E-state index contributed by atoms with van der Waals surface area (Å²) in [5.41, 5.74) is 2.10. The van der Waals surface area contributed by atoms with Gasteiger partial charge in [-0.2, -0.15) is 0 Å². The van der Waals surface area contributed by atoms with E-state index in [1.165, 1.54) is 0 Å². The second-order valence-corrected chi connectivity index (χ2v) is 5.61. The van der Waals surface area contributed by atoms with Crippen LogP contribution in [0.25, 0.3) is 11.3 Å². The van der Waals surface area contributed by atoms with Gasteiger partial charge in [-0.05, 0) is 36.4 Å². The number of hydrogen-bond acceptors (Lipinski definition) is 3. The van der Waals surface area contributed by atoms with Gasteiger partial charge in [0.1, 0.15) is 11.5 Å². The van der Waals surface area contributed by atoms with Crippen molar-refractivity contribution in [1.29, 1.82) is 0 Å². The van der Waals surface area contributed by atoms with Crippen LogP contribution in [0.1, 0.15) is 11.5 Å². The van der Waals surface area contributed by atoms with Crippen molar-refractivity contribution in [3.05, 3.63) is 76.7 Å². The summed E-state index contributed by atoms with van der Waals surface area (Å²) >= 11 is 3.43. The first-order chi connectivity index (χ1) is 10.3. The lowest BCUT2D eigenvalue weighted by Gasteiger charge is -2.02. The van der Waals surface area contributed by atoms with E-state index in [-0.39, 0.29) is 12.4 Å². The van der Waals surface area contributed by atoms with E-state index in [2.05, 4.69) is 26.2 Å². The fraction of sp³-hybridized carbons (Fsp3) is 0.118. The second kappa shape index (κ2) is 8.13. The summed E-state index contributed by atoms with van der Waals surface area (Å²) in [6, 6.07) is 18.0. The van der Waals surface area contributed by atoms with Crippen LogP contribution < -0.4 is 17.7 Å². The Hall–Kier alpha value is -1.62. The molecule has 3 nitrogen and oxygen atoms in total. The standard InChI is InChI=1S/C17H15BrN2O.ClH/c18-14-6-4-13(5-7-14)17-9-8-16(21-17)12-19-11-15-3-1-2-10-20-15;/h1-10,19H,11-12H2;1H/p-1. The van der Waals surface area contributed by atoms with Crippen LogP contribution in [0.3, 0.4) is 0 Å². The molecule has 0 radical (unpaired) electrons. The molecule has 0 saturated carbocycles. The predicted octanol–water partition coefficient (Wildman–Crippen LogP) is 1.40. The molecule has 22 heavy (non-hydrogen) atoms. The van der Waals surface area contributed by atoms with Crippen molar-refractivity contribution < 1.29 is 16.8 Å². The highest BCUT2D eigenvalue weighted by Gasteiger charge is 2.04. The Balaban J connectivity index is 0.00000176. The predicted molar refractivity (Wildman–Crippen MR) is 86.6 cm³/mol. The van der Waals surface area contributed by atoms with Crippen molar-refractivity contribution in [2.45, 2.75) is 13.1 Å². The molecule has 3 aromatic rings. The Morgan fingerprint density at radius 3 is 2.50 bits per heavy atom. The average Bonchev–Trinajstić information content (AvgIpc) is 2.98. The van der Waals surface area contributed by atoms with E-state index < -0.39 is 0 Å². The molecule has 0 aliphatic heterocycles. The monoisotopic (exact) mass is 377 g/mol. The zero-order chi connectivity index (χ0) is 14.5. The first-order valence-corrected chi connectivity index (χ1v) is 7.56. The third kappa shape index (κ3) is 4.44. The Morgan fingerprint density at radius 2 is 1.77 bits per heavy atom. The van der Waals surface area contributed by atoms with Crippen LogP contribution in [-0.2, 0) is 13.1 Å². The maximum atomic E-state index is 5.85. The number of furan rings is 1. The number of nitrogens with zero attached hydrogens (tertiary/aromatic N) is 1. The molecule has 0 amide bonds. The maximum absolute atomic E-state index is 5.85. The normalized spacial score (nSPS) is 10.2. The molecular weight excluding hydrogens is 364 g/mol. The minimum atomic E-state index is 0. The summed E-state index contributed by atoms with van der Waals surface area (Å²) in [6.07, 6.45) is 1.80. The molecule has 0 aliphatic rings. The molecule has 0 aliphatic carbocycles. The van der Waals surface area contributed by atoms with Crippen molar-refractivity contribution in [3.63, 3.8) is 0 Å². The molecule has 0 atom stereocenters. The van der Waals surface area contributed by atoms with Crippen LogP contribution in [0, 0.1) is 0 Å². The number of nitrogens with one attached hydrogen (secondary N) is 1. The van der Waals surface area contributed by atoms with Crippen molar-refractivity contribution in [3.8, 4) is 11.3 Å². The van der Waals surface area contributed by atoms with Gasteiger partial charge in [0.05, 0.1) is 12.2 Å². The van der Waals surface area contributed by atoms with E-state index in [4.69, 9.17) is 4.42 Å². The molecule has 2 aromatic heterocycles. The summed E-state index contributed by atoms with van der Waals surface area (Å²) in [6.45, 7) is 1.42. The molecule has 0 unspecified atom stereocenters. The maximum Gasteiger partial charge on any atom is 0.134 e. The van der Waals surface area contributed by atoms with E-state index >= 15 is 0 Å². The molecule has 0 fully saturated rings. The van der Waals surface area contributed by atoms with E-state index in [1.807, 2.05) is 54.6 Å². The number of pyridine rings is 1. The first kappa shape index (κ1) is 16.7. The summed E-state index contributed by atoms with van der Waals surface area (Å²) in [5, 5.41) is 3.33. The molecular formula is C17H15BrClN2O-. The molecule has 1 aromatic carbocycles. The molecule has 5 heteroatoms. The Labute approximate surface area is 144 Å². The highest BCUT2D eigenvalue weighted by atomic mass is 79.9. The molecule has 3 rings (SSSR count). The number of aromatic nitrogens is 1. The lowest BCUT2D eigenvalue weighted by molar-refractivity contribution is -0.00000475. The quantitative estimate of drug-likeness (QED) is 0.729. The van der Waals surface area contributed by atoms with Gasteiger partial charge in [0.2, 0.25) is 0 Å². The number of halogens is 2. The van der Waals surface area contributed by atoms with E-state index in [1.54, 1.807) is 6.20 Å². The van der Waals surface area contributed by atoms with Crippen LogP contribution in [0.2, 0.25) is 0 Å². The molecule has 0 saturated heterocycles. The number of hydrogen-bond donors (Lipinski definition) is 1. The summed E-state index contributed by atoms with van der Waals surface area (Å²) in [5.74, 6) is 1.81. The van der Waals surface area contributed by atoms with Crippen molar-refractivity contribution >= 4 is 15.9 Å². The third-order valence-electron chi connectivity index (χ3n) is 3.12. The lowest BCUT2D eigenvalue weighted by Crippen LogP contribution is -3.00. The zero-order valence-electron chi connectivity index (χ0n) is 11.8. The van der Waals surface area contributed by atoms with Gasteiger partial charge in [-0.1, -0.05) is 34.1 Å². The minimum Gasteiger partial charge on any atom is -1.00 e. The van der Waals surface area contributed by atoms with Gasteiger partial charge in [0.15, 0.2) is 0 Å². The van der Waals surface area contributed by atoms with Gasteiger partial charge in [-0.25, -0.2) is 0 Å². The third-order valence-corrected chi connectivity index (χ3v) is 3.65. The van der Waals surface area contributed by atoms with Crippen LogP contribution >= 0.6 is 15.9 Å². The Morgan fingerprint density at radius 1 is 0.955 bits per heavy atom. The fourth-order valence-corrected chi connectivity index (χ4v) is 2.32. The van der Waals surface area contributed by atoms with Gasteiger partial charge in [-0.3, -0.25) is 4.98 Å². The smallest absolute Gasteiger partial charge is 0.134 e. The lowest BCUT2D eigenvalue weighted by atomic mass is 10.2. The van der Waals surface area contributed by atoms with Crippen LogP contribution in [0.4, 0.5) is 0 Å². The highest BCUT2D eigenvalue weighted by Crippen LogP contribution is 2.23. The first-order valence-electron chi connectivity index (χ1n) is 6.76. The molecule has 2 heterocycles. The highest BCUT2D eigenvalue weighted by molar-refractivity contribution is 9.10. The van der Waals surface area contributed by atoms with E-state index in [9.17, 15) is 0 Å². The van der Waals surface area contributed by atoms with E-state index in [0.717, 1.165) is 33.8 Å². The largest absolute Gasteiger partial charge is 1.00 e. The summed E-state index contributed by atoms with van der Waals surface area (Å²) < 4.78 is 6.91. The minimum absolute atomic E-state index is 0. The Kier molecular flexibility index (Phi) is 6.19. The number of rotatable bonds is 5. The SMILES string of the molecule is Brc1ccc(-c2ccc(CNCc3ccccn3)o2)cc1.[Cl-]. The molecule has 1 N–H and O–H groups in total. The van der Waals surface area contributed by atoms with Crippen molar-refractivity contribution in [2.24, 2.45) is 0 Å². The average molecular weight is 379 g/mol.